The summed E-state index contributed by atoms with van der Waals surface area (Å²) < 4.78 is 13.3. The molecule has 1 unspecified atom stereocenters. The van der Waals surface area contributed by atoms with Crippen LogP contribution in [0.1, 0.15) is 39.2 Å². The van der Waals surface area contributed by atoms with Crippen LogP contribution in [0.3, 0.4) is 0 Å². The molecule has 4 rings (SSSR count). The van der Waals surface area contributed by atoms with E-state index in [9.17, 15) is 19.4 Å². The monoisotopic (exact) mass is 459 g/mol. The van der Waals surface area contributed by atoms with Crippen LogP contribution < -0.4 is 10.6 Å². The zero-order valence-corrected chi connectivity index (χ0v) is 18.0. The summed E-state index contributed by atoms with van der Waals surface area (Å²) in [5, 5.41) is 26.4. The predicted molar refractivity (Wildman–Crippen MR) is 122 cm³/mol. The second-order valence-electron chi connectivity index (χ2n) is 7.46. The van der Waals surface area contributed by atoms with Crippen LogP contribution in [-0.2, 0) is 13.1 Å². The van der Waals surface area contributed by atoms with Crippen molar-refractivity contribution in [3.8, 4) is 11.6 Å². The Balaban J connectivity index is 1.62. The van der Waals surface area contributed by atoms with Gasteiger partial charge in [0.25, 0.3) is 11.8 Å². The van der Waals surface area contributed by atoms with Crippen molar-refractivity contribution in [1.82, 2.24) is 25.6 Å². The highest BCUT2D eigenvalue weighted by Crippen LogP contribution is 2.29. The van der Waals surface area contributed by atoms with Crippen LogP contribution in [0.5, 0.6) is 11.6 Å². The van der Waals surface area contributed by atoms with Gasteiger partial charge in [-0.15, -0.1) is 0 Å². The van der Waals surface area contributed by atoms with Crippen LogP contribution in [0.25, 0.3) is 0 Å². The van der Waals surface area contributed by atoms with E-state index >= 15 is 0 Å². The Hall–Kier alpha value is -4.37. The molecule has 4 aromatic rings. The molecule has 172 valence electrons. The molecule has 2 heterocycles. The average molecular weight is 459 g/mol. The maximum atomic E-state index is 13.3. The lowest BCUT2D eigenvalue weighted by atomic mass is 10.1. The number of halogens is 1. The van der Waals surface area contributed by atoms with Gasteiger partial charge in [0, 0.05) is 12.7 Å². The van der Waals surface area contributed by atoms with E-state index in [1.807, 2.05) is 30.3 Å². The zero-order valence-electron chi connectivity index (χ0n) is 18.0. The van der Waals surface area contributed by atoms with Gasteiger partial charge in [0.2, 0.25) is 5.75 Å². The van der Waals surface area contributed by atoms with Gasteiger partial charge in [-0.1, -0.05) is 48.5 Å². The third-order valence-corrected chi connectivity index (χ3v) is 5.07. The second-order valence-corrected chi connectivity index (χ2v) is 7.46. The van der Waals surface area contributed by atoms with Gasteiger partial charge in [0.15, 0.2) is 11.5 Å². The van der Waals surface area contributed by atoms with E-state index in [1.54, 1.807) is 36.5 Å². The quantitative estimate of drug-likeness (QED) is 0.319. The molecule has 0 bridgehead atoms. The third kappa shape index (κ3) is 5.51. The summed E-state index contributed by atoms with van der Waals surface area (Å²) in [4.78, 5) is 25.2. The fourth-order valence-corrected chi connectivity index (χ4v) is 3.33. The maximum Gasteiger partial charge on any atom is 0.274 e. The molecular weight excluding hydrogens is 437 g/mol. The molecule has 1 amide bonds. The molecule has 8 nitrogen and oxygen atoms in total. The molecule has 0 saturated heterocycles. The minimum atomic E-state index is -0.715. The molecule has 0 saturated carbocycles. The number of hydrogen-bond acceptors (Lipinski definition) is 7. The highest BCUT2D eigenvalue weighted by atomic mass is 19.1. The Bertz CT molecular complexity index is 1260. The number of hydrogen-bond donors (Lipinski definition) is 4. The Morgan fingerprint density at radius 3 is 2.35 bits per heavy atom. The fourth-order valence-electron chi connectivity index (χ4n) is 3.33. The molecule has 0 radical (unpaired) electrons. The summed E-state index contributed by atoms with van der Waals surface area (Å²) in [6, 6.07) is 19.9. The number of amides is 1. The molecule has 9 heteroatoms. The first kappa shape index (κ1) is 22.8. The number of benzene rings is 2. The van der Waals surface area contributed by atoms with Crippen molar-refractivity contribution in [3.63, 3.8) is 0 Å². The minimum Gasteiger partial charge on any atom is -0.501 e. The van der Waals surface area contributed by atoms with Crippen molar-refractivity contribution in [1.29, 1.82) is 0 Å². The highest BCUT2D eigenvalue weighted by Gasteiger charge is 2.24. The normalized spacial score (nSPS) is 11.7. The Kier molecular flexibility index (Phi) is 7.04. The van der Waals surface area contributed by atoms with E-state index in [2.05, 4.69) is 25.6 Å². The maximum absolute atomic E-state index is 13.3. The van der Waals surface area contributed by atoms with Crippen molar-refractivity contribution < 1.29 is 19.4 Å². The summed E-state index contributed by atoms with van der Waals surface area (Å²) in [5.41, 5.74) is 1.85. The van der Waals surface area contributed by atoms with Crippen molar-refractivity contribution in [2.75, 3.05) is 0 Å². The first-order chi connectivity index (χ1) is 16.5. The van der Waals surface area contributed by atoms with E-state index < -0.39 is 23.6 Å². The average Bonchev–Trinajstić information content (AvgIpc) is 2.87. The van der Waals surface area contributed by atoms with Crippen molar-refractivity contribution in [2.24, 2.45) is 0 Å². The SMILES string of the molecule is O=C(NCc1ccccn1)c1nc(C(NCc2ccc(F)cc2)c2ccccc2)nc(O)c1O. The number of pyridine rings is 1. The number of aromatic hydroxyl groups is 2. The van der Waals surface area contributed by atoms with Crippen LogP contribution in [0, 0.1) is 5.82 Å². The predicted octanol–water partition coefficient (Wildman–Crippen LogP) is 3.23. The van der Waals surface area contributed by atoms with Gasteiger partial charge in [-0.25, -0.2) is 9.37 Å². The second kappa shape index (κ2) is 10.5. The van der Waals surface area contributed by atoms with Gasteiger partial charge < -0.3 is 15.5 Å². The van der Waals surface area contributed by atoms with E-state index in [1.165, 1.54) is 12.1 Å². The highest BCUT2D eigenvalue weighted by molar-refractivity contribution is 5.95. The standard InChI is InChI=1S/C25H22FN5O3/c26-18-11-9-16(10-12-18)14-28-20(17-6-2-1-3-7-17)23-30-21(22(32)25(34)31-23)24(33)29-15-19-8-4-5-13-27-19/h1-13,20,28,32H,14-15H2,(H,29,33)(H,30,31,34). The number of carbonyl (C=O) groups is 1. The third-order valence-electron chi connectivity index (χ3n) is 5.07. The lowest BCUT2D eigenvalue weighted by Gasteiger charge is -2.19. The van der Waals surface area contributed by atoms with Crippen molar-refractivity contribution in [2.45, 2.75) is 19.1 Å². The molecule has 0 spiro atoms. The van der Waals surface area contributed by atoms with Crippen molar-refractivity contribution >= 4 is 5.91 Å². The minimum absolute atomic E-state index is 0.0894. The summed E-state index contributed by atoms with van der Waals surface area (Å²) in [6.45, 7) is 0.455. The molecule has 1 atom stereocenters. The molecule has 4 N–H and O–H groups in total. The van der Waals surface area contributed by atoms with Gasteiger partial charge in [-0.2, -0.15) is 4.98 Å². The Labute approximate surface area is 195 Å². The molecule has 34 heavy (non-hydrogen) atoms. The summed E-state index contributed by atoms with van der Waals surface area (Å²) in [7, 11) is 0. The molecule has 2 aromatic carbocycles. The van der Waals surface area contributed by atoms with Crippen LogP contribution in [-0.4, -0.2) is 31.1 Å². The topological polar surface area (TPSA) is 120 Å². The van der Waals surface area contributed by atoms with Crippen LogP contribution in [0.4, 0.5) is 4.39 Å². The summed E-state index contributed by atoms with van der Waals surface area (Å²) in [6.07, 6.45) is 1.60. The van der Waals surface area contributed by atoms with E-state index in [-0.39, 0.29) is 23.9 Å². The van der Waals surface area contributed by atoms with E-state index in [0.717, 1.165) is 11.1 Å². The Morgan fingerprint density at radius 2 is 1.65 bits per heavy atom. The van der Waals surface area contributed by atoms with Gasteiger partial charge in [-0.3, -0.25) is 15.1 Å². The van der Waals surface area contributed by atoms with Gasteiger partial charge in [0.05, 0.1) is 18.3 Å². The number of nitrogens with zero attached hydrogens (tertiary/aromatic N) is 3. The lowest BCUT2D eigenvalue weighted by molar-refractivity contribution is 0.0940. The van der Waals surface area contributed by atoms with Gasteiger partial charge in [-0.05, 0) is 35.4 Å². The zero-order chi connectivity index (χ0) is 23.9. The molecule has 0 aliphatic heterocycles. The largest absolute Gasteiger partial charge is 0.501 e. The molecule has 0 fully saturated rings. The van der Waals surface area contributed by atoms with Gasteiger partial charge >= 0.3 is 0 Å². The van der Waals surface area contributed by atoms with Crippen LogP contribution in [0.2, 0.25) is 0 Å². The first-order valence-corrected chi connectivity index (χ1v) is 10.5. The molecular formula is C25H22FN5O3. The van der Waals surface area contributed by atoms with E-state index in [4.69, 9.17) is 0 Å². The molecule has 2 aromatic heterocycles. The fraction of sp³-hybridized carbons (Fsp3) is 0.120. The number of carbonyl (C=O) groups excluding carboxylic acids is 1. The lowest BCUT2D eigenvalue weighted by Crippen LogP contribution is -2.28. The first-order valence-electron chi connectivity index (χ1n) is 10.5. The van der Waals surface area contributed by atoms with Crippen LogP contribution in [0.15, 0.2) is 79.0 Å². The Morgan fingerprint density at radius 1 is 0.912 bits per heavy atom. The van der Waals surface area contributed by atoms with Crippen LogP contribution >= 0.6 is 0 Å². The van der Waals surface area contributed by atoms with Crippen molar-refractivity contribution in [3.05, 3.63) is 113 Å². The van der Waals surface area contributed by atoms with E-state index in [0.29, 0.717) is 12.2 Å². The number of rotatable bonds is 8. The summed E-state index contributed by atoms with van der Waals surface area (Å²) >= 11 is 0. The number of nitrogens with one attached hydrogen (secondary N) is 2. The molecule has 0 aliphatic rings. The number of aromatic nitrogens is 3. The molecule has 0 aliphatic carbocycles. The summed E-state index contributed by atoms with van der Waals surface area (Å²) in [5.74, 6) is -2.36. The van der Waals surface area contributed by atoms with Gasteiger partial charge in [0.1, 0.15) is 5.82 Å². The smallest absolute Gasteiger partial charge is 0.274 e.